The van der Waals surface area contributed by atoms with E-state index < -0.39 is 39.6 Å². The van der Waals surface area contributed by atoms with E-state index in [2.05, 4.69) is 10.5 Å². The molecule has 3 unspecified atom stereocenters. The first kappa shape index (κ1) is 28.9. The van der Waals surface area contributed by atoms with Crippen LogP contribution in [0, 0.1) is 11.6 Å². The number of hydrogen-bond donors (Lipinski definition) is 1. The molecule has 6 rings (SSSR count). The van der Waals surface area contributed by atoms with Gasteiger partial charge in [-0.1, -0.05) is 53.2 Å². The molecule has 3 atom stereocenters. The normalized spacial score (nSPS) is 22.5. The highest BCUT2D eigenvalue weighted by molar-refractivity contribution is 6.31. The number of halogens is 3. The zero-order valence-electron chi connectivity index (χ0n) is 23.5. The molecule has 0 saturated carbocycles. The number of nitrogens with zero attached hydrogens (tertiary/aromatic N) is 3. The van der Waals surface area contributed by atoms with E-state index in [-0.39, 0.29) is 54.2 Å². The fourth-order valence-corrected chi connectivity index (χ4v) is 6.29. The molecule has 1 saturated heterocycles. The molecule has 0 radical (unpaired) electrons. The molecule has 43 heavy (non-hydrogen) atoms. The number of fused-ring (bicyclic) bond motifs is 5. The molecule has 2 bridgehead atoms. The molecule has 1 aromatic heterocycles. The van der Waals surface area contributed by atoms with E-state index in [9.17, 15) is 23.2 Å². The molecule has 1 N–H and O–H groups in total. The van der Waals surface area contributed by atoms with Crippen molar-refractivity contribution in [3.63, 3.8) is 0 Å². The minimum Gasteiger partial charge on any atom is -0.483 e. The van der Waals surface area contributed by atoms with E-state index >= 15 is 0 Å². The Balaban J connectivity index is 1.45. The Kier molecular flexibility index (Phi) is 7.45. The number of aromatic nitrogens is 1. The lowest BCUT2D eigenvalue weighted by atomic mass is 9.84. The van der Waals surface area contributed by atoms with E-state index in [0.29, 0.717) is 19.3 Å². The number of pyridine rings is 1. The Bertz CT molecular complexity index is 1710. The van der Waals surface area contributed by atoms with Gasteiger partial charge >= 0.3 is 0 Å². The summed E-state index contributed by atoms with van der Waals surface area (Å²) in [6, 6.07) is 10.7. The van der Waals surface area contributed by atoms with Crippen LogP contribution in [0.1, 0.15) is 71.1 Å². The van der Waals surface area contributed by atoms with Gasteiger partial charge in [-0.05, 0) is 38.3 Å². The van der Waals surface area contributed by atoms with Gasteiger partial charge < -0.3 is 24.4 Å². The minimum atomic E-state index is -1.01. The van der Waals surface area contributed by atoms with Crippen LogP contribution in [0.3, 0.4) is 0 Å². The average molecular weight is 611 g/mol. The minimum absolute atomic E-state index is 0.0230. The molecule has 2 aromatic carbocycles. The van der Waals surface area contributed by atoms with E-state index in [4.69, 9.17) is 21.2 Å². The predicted molar refractivity (Wildman–Crippen MR) is 154 cm³/mol. The van der Waals surface area contributed by atoms with Gasteiger partial charge in [-0.15, -0.1) is 0 Å². The lowest BCUT2D eigenvalue weighted by molar-refractivity contribution is -0.0656. The molecule has 1 spiro atoms. The molecule has 0 aliphatic carbocycles. The maximum absolute atomic E-state index is 14.5. The largest absolute Gasteiger partial charge is 0.483 e. The zero-order valence-corrected chi connectivity index (χ0v) is 24.3. The van der Waals surface area contributed by atoms with Crippen LogP contribution < -0.4 is 15.5 Å². The molecule has 3 aliphatic rings. The fraction of sp³-hybridized carbons (Fsp3) is 0.355. The highest BCUT2D eigenvalue weighted by Crippen LogP contribution is 2.46. The monoisotopic (exact) mass is 610 g/mol. The Labute approximate surface area is 251 Å². The number of rotatable bonds is 6. The molecule has 12 heteroatoms. The molecule has 3 aromatic rings. The summed E-state index contributed by atoms with van der Waals surface area (Å²) in [5.74, 6) is -3.40. The van der Waals surface area contributed by atoms with Crippen molar-refractivity contribution in [3.8, 4) is 5.75 Å². The van der Waals surface area contributed by atoms with Crippen molar-refractivity contribution in [2.75, 3.05) is 6.54 Å². The maximum Gasteiger partial charge on any atom is 0.274 e. The van der Waals surface area contributed by atoms with Crippen molar-refractivity contribution < 1.29 is 27.9 Å². The van der Waals surface area contributed by atoms with E-state index in [1.54, 1.807) is 9.47 Å². The average Bonchev–Trinajstić information content (AvgIpc) is 3.33. The lowest BCUT2D eigenvalue weighted by Crippen LogP contribution is -2.52. The van der Waals surface area contributed by atoms with Gasteiger partial charge in [0.15, 0.2) is 17.0 Å². The Morgan fingerprint density at radius 2 is 1.98 bits per heavy atom. The van der Waals surface area contributed by atoms with Crippen LogP contribution in [-0.4, -0.2) is 45.2 Å². The Morgan fingerprint density at radius 1 is 1.21 bits per heavy atom. The van der Waals surface area contributed by atoms with Gasteiger partial charge in [-0.3, -0.25) is 14.4 Å². The summed E-state index contributed by atoms with van der Waals surface area (Å²) in [7, 11) is 0. The number of amides is 2. The third-order valence-corrected chi connectivity index (χ3v) is 8.80. The summed E-state index contributed by atoms with van der Waals surface area (Å²) >= 11 is 5.69. The smallest absolute Gasteiger partial charge is 0.274 e. The first-order valence-corrected chi connectivity index (χ1v) is 14.4. The summed E-state index contributed by atoms with van der Waals surface area (Å²) in [6.07, 6.45) is 3.12. The number of nitrogens with one attached hydrogen (secondary N) is 1. The van der Waals surface area contributed by atoms with Crippen molar-refractivity contribution in [1.82, 2.24) is 14.8 Å². The second-order valence-electron chi connectivity index (χ2n) is 11.3. The third kappa shape index (κ3) is 5.05. The second kappa shape index (κ2) is 11.1. The van der Waals surface area contributed by atoms with Crippen LogP contribution in [0.2, 0.25) is 5.02 Å². The van der Waals surface area contributed by atoms with Crippen LogP contribution in [0.15, 0.2) is 58.6 Å². The number of oxime groups is 1. The summed E-state index contributed by atoms with van der Waals surface area (Å²) < 4.78 is 35.8. The number of carbonyl (C=O) groups excluding carboxylic acids is 2. The number of benzene rings is 2. The molecule has 1 fully saturated rings. The molecular formula is C31H29ClF2N4O5. The molecule has 3 aliphatic heterocycles. The molecule has 2 amide bonds. The number of hydrogen-bond acceptors (Lipinski definition) is 6. The van der Waals surface area contributed by atoms with Gasteiger partial charge in [0.25, 0.3) is 11.8 Å². The van der Waals surface area contributed by atoms with Gasteiger partial charge in [0.1, 0.15) is 28.8 Å². The van der Waals surface area contributed by atoms with Crippen molar-refractivity contribution in [1.29, 1.82) is 0 Å². The van der Waals surface area contributed by atoms with Crippen LogP contribution in [-0.2, 0) is 18.0 Å². The topological polar surface area (TPSA) is 102 Å². The summed E-state index contributed by atoms with van der Waals surface area (Å²) in [6.45, 7) is 3.73. The molecule has 224 valence electrons. The number of carbonyl (C=O) groups is 2. The third-order valence-electron chi connectivity index (χ3n) is 8.45. The quantitative estimate of drug-likeness (QED) is 0.396. The first-order chi connectivity index (χ1) is 20.6. The summed E-state index contributed by atoms with van der Waals surface area (Å²) in [5.41, 5.74) is -0.348. The molecule has 4 heterocycles. The van der Waals surface area contributed by atoms with Gasteiger partial charge in [-0.25, -0.2) is 8.78 Å². The SMILES string of the molecule is CC1=NOC2(CCC(C)N3CC2n2cc(C(=O)NCc4ccc(F)c(Cl)c4F)c(=O)c(OCc4ccccc4)c2C3=O)C1. The summed E-state index contributed by atoms with van der Waals surface area (Å²) in [4.78, 5) is 49.2. The van der Waals surface area contributed by atoms with Gasteiger partial charge in [0.2, 0.25) is 5.43 Å². The van der Waals surface area contributed by atoms with Crippen LogP contribution >= 0.6 is 11.6 Å². The van der Waals surface area contributed by atoms with E-state index in [1.807, 2.05) is 44.2 Å². The zero-order chi connectivity index (χ0) is 30.5. The first-order valence-electron chi connectivity index (χ1n) is 14.0. The molecule has 9 nitrogen and oxygen atoms in total. The van der Waals surface area contributed by atoms with Gasteiger partial charge in [-0.2, -0.15) is 0 Å². The Hall–Kier alpha value is -4.25. The van der Waals surface area contributed by atoms with Crippen LogP contribution in [0.5, 0.6) is 5.75 Å². The van der Waals surface area contributed by atoms with Crippen molar-refractivity contribution in [2.24, 2.45) is 5.16 Å². The van der Waals surface area contributed by atoms with Crippen molar-refractivity contribution >= 4 is 29.1 Å². The highest BCUT2D eigenvalue weighted by atomic mass is 35.5. The standard InChI is InChI=1S/C31H29ClF2N4O5/c1-17-12-31(43-36-17)11-10-18(2)37-15-23(31)38-14-21(29(40)35-13-20-8-9-22(33)24(32)25(20)34)27(39)28(26(38)30(37)41)42-16-19-6-4-3-5-7-19/h3-9,14,18,23H,10-13,15-16H2,1-2H3,(H,35,40). The number of ether oxygens (including phenoxy) is 1. The van der Waals surface area contributed by atoms with E-state index in [0.717, 1.165) is 23.4 Å². The fourth-order valence-electron chi connectivity index (χ4n) is 6.11. The van der Waals surface area contributed by atoms with Crippen LogP contribution in [0.25, 0.3) is 0 Å². The van der Waals surface area contributed by atoms with Crippen molar-refractivity contribution in [2.45, 2.75) is 63.9 Å². The molecular weight excluding hydrogens is 582 g/mol. The van der Waals surface area contributed by atoms with Crippen molar-refractivity contribution in [3.05, 3.63) is 97.9 Å². The highest BCUT2D eigenvalue weighted by Gasteiger charge is 2.54. The van der Waals surface area contributed by atoms with E-state index in [1.165, 1.54) is 6.20 Å². The Morgan fingerprint density at radius 3 is 2.70 bits per heavy atom. The maximum atomic E-state index is 14.5. The predicted octanol–water partition coefficient (Wildman–Crippen LogP) is 5.00. The summed E-state index contributed by atoms with van der Waals surface area (Å²) in [5, 5.41) is 6.07. The van der Waals surface area contributed by atoms with Gasteiger partial charge in [0.05, 0.1) is 11.8 Å². The van der Waals surface area contributed by atoms with Crippen LogP contribution in [0.4, 0.5) is 8.78 Å². The lowest BCUT2D eigenvalue weighted by Gasteiger charge is -2.42. The second-order valence-corrected chi connectivity index (χ2v) is 11.6. The van der Waals surface area contributed by atoms with Gasteiger partial charge in [0, 0.05) is 37.3 Å².